The Morgan fingerprint density at radius 3 is 2.75 bits per heavy atom. The first kappa shape index (κ1) is 14.8. The number of carbonyl (C=O) groups is 1. The van der Waals surface area contributed by atoms with Gasteiger partial charge >= 0.3 is 5.97 Å². The summed E-state index contributed by atoms with van der Waals surface area (Å²) in [5, 5.41) is 22.1. The molecule has 2 atom stereocenters. The Balaban J connectivity index is 2.30. The van der Waals surface area contributed by atoms with E-state index in [-0.39, 0.29) is 24.1 Å². The Morgan fingerprint density at radius 2 is 2.10 bits per heavy atom. The van der Waals surface area contributed by atoms with Crippen LogP contribution in [0.2, 0.25) is 0 Å². The van der Waals surface area contributed by atoms with Gasteiger partial charge in [-0.25, -0.2) is 9.78 Å². The number of nitrogens with zero attached hydrogens (tertiary/aromatic N) is 1. The van der Waals surface area contributed by atoms with Gasteiger partial charge in [-0.05, 0) is 38.3 Å². The van der Waals surface area contributed by atoms with E-state index in [4.69, 9.17) is 0 Å². The summed E-state index contributed by atoms with van der Waals surface area (Å²) in [6.45, 7) is 3.77. The minimum absolute atomic E-state index is 0.0977. The number of pyridine rings is 1. The fourth-order valence-electron chi connectivity index (χ4n) is 3.00. The number of aromatic carboxylic acids is 1. The molecule has 1 aliphatic carbocycles. The Labute approximate surface area is 119 Å². The summed E-state index contributed by atoms with van der Waals surface area (Å²) in [6, 6.07) is 1.87. The van der Waals surface area contributed by atoms with Crippen LogP contribution in [0.5, 0.6) is 0 Å². The van der Waals surface area contributed by atoms with E-state index in [0.717, 1.165) is 31.4 Å². The molecule has 0 amide bonds. The molecule has 1 fully saturated rings. The van der Waals surface area contributed by atoms with E-state index < -0.39 is 5.97 Å². The predicted molar refractivity (Wildman–Crippen MR) is 77.1 cm³/mol. The second-order valence-corrected chi connectivity index (χ2v) is 5.59. The van der Waals surface area contributed by atoms with Gasteiger partial charge in [-0.3, -0.25) is 0 Å². The molecule has 0 bridgehead atoms. The lowest BCUT2D eigenvalue weighted by molar-refractivity contribution is 0.0696. The molecule has 1 aliphatic rings. The molecule has 0 spiro atoms. The van der Waals surface area contributed by atoms with Crippen molar-refractivity contribution >= 4 is 11.8 Å². The molecule has 0 radical (unpaired) electrons. The van der Waals surface area contributed by atoms with E-state index in [1.54, 1.807) is 13.0 Å². The Kier molecular flexibility index (Phi) is 4.60. The number of carboxylic acids is 1. The summed E-state index contributed by atoms with van der Waals surface area (Å²) in [5.74, 6) is -0.359. The second kappa shape index (κ2) is 6.22. The van der Waals surface area contributed by atoms with Gasteiger partial charge in [0, 0.05) is 24.3 Å². The summed E-state index contributed by atoms with van der Waals surface area (Å²) in [7, 11) is 0. The molecule has 110 valence electrons. The smallest absolute Gasteiger partial charge is 0.339 e. The van der Waals surface area contributed by atoms with Gasteiger partial charge < -0.3 is 15.5 Å². The van der Waals surface area contributed by atoms with Crippen molar-refractivity contribution in [2.45, 2.75) is 45.6 Å². The van der Waals surface area contributed by atoms with E-state index >= 15 is 0 Å². The fraction of sp³-hybridized carbons (Fsp3) is 0.600. The molecule has 2 rings (SSSR count). The van der Waals surface area contributed by atoms with Crippen molar-refractivity contribution < 1.29 is 15.0 Å². The van der Waals surface area contributed by atoms with Gasteiger partial charge in [0.1, 0.15) is 11.4 Å². The van der Waals surface area contributed by atoms with Crippen molar-refractivity contribution in [3.05, 3.63) is 22.9 Å². The number of carboxylic acid groups (broad SMARTS) is 1. The van der Waals surface area contributed by atoms with E-state index in [1.165, 1.54) is 0 Å². The number of aliphatic hydroxyl groups is 1. The van der Waals surface area contributed by atoms with Crippen LogP contribution in [0.4, 0.5) is 5.82 Å². The molecule has 2 unspecified atom stereocenters. The molecule has 1 aromatic rings. The molecule has 5 nitrogen and oxygen atoms in total. The highest BCUT2D eigenvalue weighted by Gasteiger charge is 2.26. The minimum Gasteiger partial charge on any atom is -0.478 e. The molecule has 0 saturated heterocycles. The van der Waals surface area contributed by atoms with E-state index in [0.29, 0.717) is 11.4 Å². The Morgan fingerprint density at radius 1 is 1.40 bits per heavy atom. The maximum Gasteiger partial charge on any atom is 0.339 e. The van der Waals surface area contributed by atoms with Gasteiger partial charge in [0.25, 0.3) is 0 Å². The average Bonchev–Trinajstić information content (AvgIpc) is 2.38. The SMILES string of the molecule is Cc1cc(C)c(C(=O)O)c(NC2CCCCC2CO)n1. The number of aromatic nitrogens is 1. The lowest BCUT2D eigenvalue weighted by Crippen LogP contribution is -2.35. The molecule has 0 aromatic carbocycles. The summed E-state index contributed by atoms with van der Waals surface area (Å²) in [5.41, 5.74) is 1.74. The number of rotatable bonds is 4. The largest absolute Gasteiger partial charge is 0.478 e. The predicted octanol–water partition coefficient (Wildman–Crippen LogP) is 2.36. The zero-order valence-corrected chi connectivity index (χ0v) is 12.0. The second-order valence-electron chi connectivity index (χ2n) is 5.59. The van der Waals surface area contributed by atoms with Crippen LogP contribution < -0.4 is 5.32 Å². The molecule has 20 heavy (non-hydrogen) atoms. The minimum atomic E-state index is -0.964. The number of hydrogen-bond acceptors (Lipinski definition) is 4. The van der Waals surface area contributed by atoms with Crippen LogP contribution in [-0.2, 0) is 0 Å². The van der Waals surface area contributed by atoms with Gasteiger partial charge in [0.15, 0.2) is 0 Å². The zero-order chi connectivity index (χ0) is 14.7. The van der Waals surface area contributed by atoms with Crippen molar-refractivity contribution in [2.75, 3.05) is 11.9 Å². The van der Waals surface area contributed by atoms with Gasteiger partial charge in [-0.2, -0.15) is 0 Å². The van der Waals surface area contributed by atoms with Crippen molar-refractivity contribution in [2.24, 2.45) is 5.92 Å². The van der Waals surface area contributed by atoms with Crippen LogP contribution in [0, 0.1) is 19.8 Å². The van der Waals surface area contributed by atoms with Gasteiger partial charge in [-0.1, -0.05) is 12.8 Å². The standard InChI is InChI=1S/C15H22N2O3/c1-9-7-10(2)16-14(13(9)15(19)20)17-12-6-4-3-5-11(12)8-18/h7,11-12,18H,3-6,8H2,1-2H3,(H,16,17)(H,19,20). The van der Waals surface area contributed by atoms with Crippen molar-refractivity contribution in [3.8, 4) is 0 Å². The van der Waals surface area contributed by atoms with Crippen LogP contribution >= 0.6 is 0 Å². The normalized spacial score (nSPS) is 22.6. The van der Waals surface area contributed by atoms with Crippen molar-refractivity contribution in [1.29, 1.82) is 0 Å². The third kappa shape index (κ3) is 3.10. The summed E-state index contributed by atoms with van der Waals surface area (Å²) in [6.07, 6.45) is 4.14. The molecular formula is C15H22N2O3. The van der Waals surface area contributed by atoms with Gasteiger partial charge in [0.05, 0.1) is 0 Å². The number of anilines is 1. The van der Waals surface area contributed by atoms with Crippen LogP contribution in [0.15, 0.2) is 6.07 Å². The van der Waals surface area contributed by atoms with Crippen LogP contribution in [-0.4, -0.2) is 33.8 Å². The molecule has 5 heteroatoms. The highest BCUT2D eigenvalue weighted by molar-refractivity contribution is 5.94. The molecule has 1 aromatic heterocycles. The first-order valence-electron chi connectivity index (χ1n) is 7.12. The van der Waals surface area contributed by atoms with E-state index in [2.05, 4.69) is 10.3 Å². The molecule has 1 saturated carbocycles. The Hall–Kier alpha value is -1.62. The maximum absolute atomic E-state index is 11.4. The van der Waals surface area contributed by atoms with E-state index in [1.807, 2.05) is 6.92 Å². The number of aliphatic hydroxyl groups excluding tert-OH is 1. The number of aryl methyl sites for hydroxylation is 2. The summed E-state index contributed by atoms with van der Waals surface area (Å²) >= 11 is 0. The first-order valence-corrected chi connectivity index (χ1v) is 7.12. The molecule has 0 aliphatic heterocycles. The number of nitrogens with one attached hydrogen (secondary N) is 1. The highest BCUT2D eigenvalue weighted by atomic mass is 16.4. The molecule has 1 heterocycles. The lowest BCUT2D eigenvalue weighted by Gasteiger charge is -2.31. The number of hydrogen-bond donors (Lipinski definition) is 3. The average molecular weight is 278 g/mol. The van der Waals surface area contributed by atoms with E-state index in [9.17, 15) is 15.0 Å². The van der Waals surface area contributed by atoms with Crippen LogP contribution in [0.25, 0.3) is 0 Å². The van der Waals surface area contributed by atoms with Gasteiger partial charge in [0.2, 0.25) is 0 Å². The van der Waals surface area contributed by atoms with Crippen LogP contribution in [0.1, 0.15) is 47.3 Å². The highest BCUT2D eigenvalue weighted by Crippen LogP contribution is 2.28. The van der Waals surface area contributed by atoms with Gasteiger partial charge in [-0.15, -0.1) is 0 Å². The maximum atomic E-state index is 11.4. The topological polar surface area (TPSA) is 82.5 Å². The van der Waals surface area contributed by atoms with Crippen LogP contribution in [0.3, 0.4) is 0 Å². The third-order valence-corrected chi connectivity index (χ3v) is 4.02. The summed E-state index contributed by atoms with van der Waals surface area (Å²) in [4.78, 5) is 15.8. The lowest BCUT2D eigenvalue weighted by atomic mass is 9.85. The first-order chi connectivity index (χ1) is 9.52. The van der Waals surface area contributed by atoms with Crippen molar-refractivity contribution in [1.82, 2.24) is 4.98 Å². The fourth-order valence-corrected chi connectivity index (χ4v) is 3.00. The summed E-state index contributed by atoms with van der Waals surface area (Å²) < 4.78 is 0. The zero-order valence-electron chi connectivity index (χ0n) is 12.0. The quantitative estimate of drug-likeness (QED) is 0.787. The molecule has 3 N–H and O–H groups in total. The molecular weight excluding hydrogens is 256 g/mol. The monoisotopic (exact) mass is 278 g/mol. The van der Waals surface area contributed by atoms with Crippen molar-refractivity contribution in [3.63, 3.8) is 0 Å². The third-order valence-electron chi connectivity index (χ3n) is 4.02. The Bertz CT molecular complexity index is 502.